The number of nitrogens with one attached hydrogen (secondary N) is 1. The van der Waals surface area contributed by atoms with Gasteiger partial charge in [-0.25, -0.2) is 13.8 Å². The van der Waals surface area contributed by atoms with Crippen molar-refractivity contribution in [3.05, 3.63) is 52.7 Å². The first-order chi connectivity index (χ1) is 11.9. The molecule has 2 rings (SSSR count). The first-order valence-electron chi connectivity index (χ1n) is 7.25. The summed E-state index contributed by atoms with van der Waals surface area (Å²) >= 11 is 6.23. The molecule has 0 aliphatic carbocycles. The van der Waals surface area contributed by atoms with Crippen molar-refractivity contribution in [2.24, 2.45) is 0 Å². The van der Waals surface area contributed by atoms with Crippen LogP contribution >= 0.6 is 11.6 Å². The van der Waals surface area contributed by atoms with Gasteiger partial charge in [0.25, 0.3) is 6.43 Å². The molecule has 1 N–H and O–H groups in total. The number of carbonyl (C=O) groups excluding carboxylic acids is 1. The molecule has 1 aromatic heterocycles. The van der Waals surface area contributed by atoms with E-state index in [1.807, 2.05) is 0 Å². The van der Waals surface area contributed by atoms with Crippen LogP contribution in [0.1, 0.15) is 17.6 Å². The third kappa shape index (κ3) is 4.77. The average Bonchev–Trinajstić information content (AvgIpc) is 2.60. The van der Waals surface area contributed by atoms with Crippen LogP contribution in [0.15, 0.2) is 36.5 Å². The van der Waals surface area contributed by atoms with Gasteiger partial charge in [0.2, 0.25) is 12.3 Å². The predicted molar refractivity (Wildman–Crippen MR) is 90.3 cm³/mol. The zero-order valence-electron chi connectivity index (χ0n) is 13.6. The van der Waals surface area contributed by atoms with E-state index in [0.717, 1.165) is 0 Å². The lowest BCUT2D eigenvalue weighted by molar-refractivity contribution is -0.119. The van der Waals surface area contributed by atoms with Crippen molar-refractivity contribution in [2.45, 2.75) is 13.0 Å². The van der Waals surface area contributed by atoms with E-state index in [0.29, 0.717) is 22.7 Å². The van der Waals surface area contributed by atoms with E-state index in [-0.39, 0.29) is 18.1 Å². The van der Waals surface area contributed by atoms with Crippen LogP contribution in [0.4, 0.5) is 14.5 Å². The summed E-state index contributed by atoms with van der Waals surface area (Å²) in [6.07, 6.45) is -0.721. The summed E-state index contributed by atoms with van der Waals surface area (Å²) in [6, 6.07) is 7.82. The lowest BCUT2D eigenvalue weighted by atomic mass is 10.2. The summed E-state index contributed by atoms with van der Waals surface area (Å²) in [5, 5.41) is 3.17. The van der Waals surface area contributed by atoms with Gasteiger partial charge in [-0.05, 0) is 24.3 Å². The van der Waals surface area contributed by atoms with Crippen LogP contribution in [-0.2, 0) is 11.4 Å². The highest BCUT2D eigenvalue weighted by Gasteiger charge is 2.17. The molecule has 1 amide bonds. The van der Waals surface area contributed by atoms with Crippen LogP contribution < -0.4 is 15.3 Å². The molecule has 0 aliphatic heterocycles. The van der Waals surface area contributed by atoms with Crippen molar-refractivity contribution in [1.82, 2.24) is 15.5 Å². The molecule has 0 saturated carbocycles. The van der Waals surface area contributed by atoms with Gasteiger partial charge in [-0.3, -0.25) is 14.8 Å². The maximum Gasteiger partial charge on any atom is 0.269 e. The molecule has 1 heterocycles. The number of anilines is 1. The Bertz CT molecular complexity index is 733. The smallest absolute Gasteiger partial charge is 0.269 e. The third-order valence-electron chi connectivity index (χ3n) is 3.31. The van der Waals surface area contributed by atoms with Crippen LogP contribution in [0, 0.1) is 0 Å². The molecule has 25 heavy (non-hydrogen) atoms. The van der Waals surface area contributed by atoms with Crippen molar-refractivity contribution < 1.29 is 18.3 Å². The van der Waals surface area contributed by atoms with E-state index in [1.54, 1.807) is 30.3 Å². The second-order valence-electron chi connectivity index (χ2n) is 5.10. The highest BCUT2D eigenvalue weighted by molar-refractivity contribution is 6.31. The van der Waals surface area contributed by atoms with Crippen molar-refractivity contribution in [3.8, 4) is 5.88 Å². The molecular weight excluding hydrogens is 354 g/mol. The van der Waals surface area contributed by atoms with Crippen molar-refractivity contribution in [1.29, 1.82) is 0 Å². The van der Waals surface area contributed by atoms with Crippen LogP contribution in [0.5, 0.6) is 5.88 Å². The van der Waals surface area contributed by atoms with Gasteiger partial charge in [-0.1, -0.05) is 17.7 Å². The van der Waals surface area contributed by atoms with Crippen LogP contribution in [0.3, 0.4) is 0 Å². The normalized spacial score (nSPS) is 10.6. The summed E-state index contributed by atoms with van der Waals surface area (Å²) in [5.41, 5.74) is 3.68. The standard InChI is InChI=1S/C16H17ClF2N4O2/c1-22(10-24)21-23(2)14-7-3-6-13(17)12(14)9-25-16-11(15(18)19)5-4-8-20-16/h3-8,10,15,21H,9H2,1-2H3. The zero-order chi connectivity index (χ0) is 18.4. The number of aromatic nitrogens is 1. The monoisotopic (exact) mass is 370 g/mol. The molecule has 0 atom stereocenters. The number of ether oxygens (including phenoxy) is 1. The molecule has 2 aromatic rings. The molecule has 0 saturated heterocycles. The number of carbonyl (C=O) groups is 1. The molecular formula is C16H17ClF2N4O2. The summed E-state index contributed by atoms with van der Waals surface area (Å²) in [5.74, 6) is -0.149. The SMILES string of the molecule is CN(C=O)NN(C)c1cccc(Cl)c1COc1ncccc1C(F)F. The Morgan fingerprint density at radius 1 is 1.32 bits per heavy atom. The molecule has 0 aliphatic rings. The average molecular weight is 371 g/mol. The van der Waals surface area contributed by atoms with Gasteiger partial charge in [0.05, 0.1) is 11.3 Å². The van der Waals surface area contributed by atoms with Gasteiger partial charge in [-0.15, -0.1) is 5.53 Å². The second kappa shape index (κ2) is 8.59. The minimum atomic E-state index is -2.69. The summed E-state index contributed by atoms with van der Waals surface area (Å²) in [4.78, 5) is 14.6. The van der Waals surface area contributed by atoms with Crippen LogP contribution in [-0.4, -0.2) is 30.5 Å². The fourth-order valence-corrected chi connectivity index (χ4v) is 2.37. The van der Waals surface area contributed by atoms with Gasteiger partial charge in [0, 0.05) is 30.9 Å². The lowest BCUT2D eigenvalue weighted by Gasteiger charge is -2.27. The molecule has 134 valence electrons. The number of amides is 1. The number of benzene rings is 1. The predicted octanol–water partition coefficient (Wildman–Crippen LogP) is 3.20. The van der Waals surface area contributed by atoms with E-state index in [4.69, 9.17) is 16.3 Å². The first-order valence-corrected chi connectivity index (χ1v) is 7.63. The summed E-state index contributed by atoms with van der Waals surface area (Å²) in [7, 11) is 3.22. The van der Waals surface area contributed by atoms with E-state index < -0.39 is 6.43 Å². The fourth-order valence-electron chi connectivity index (χ4n) is 2.15. The minimum absolute atomic E-state index is 0.0669. The Morgan fingerprint density at radius 3 is 2.76 bits per heavy atom. The zero-order valence-corrected chi connectivity index (χ0v) is 14.4. The first kappa shape index (κ1) is 18.9. The maximum atomic E-state index is 13.0. The van der Waals surface area contributed by atoms with Crippen molar-refractivity contribution in [2.75, 3.05) is 19.1 Å². The minimum Gasteiger partial charge on any atom is -0.472 e. The number of nitrogens with zero attached hydrogens (tertiary/aromatic N) is 3. The molecule has 0 spiro atoms. The maximum absolute atomic E-state index is 13.0. The molecule has 0 fully saturated rings. The largest absolute Gasteiger partial charge is 0.472 e. The molecule has 6 nitrogen and oxygen atoms in total. The molecule has 0 unspecified atom stereocenters. The molecule has 9 heteroatoms. The van der Waals surface area contributed by atoms with E-state index in [2.05, 4.69) is 10.5 Å². The second-order valence-corrected chi connectivity index (χ2v) is 5.51. The Kier molecular flexibility index (Phi) is 6.49. The Morgan fingerprint density at radius 2 is 2.08 bits per heavy atom. The number of rotatable bonds is 8. The number of hydrazine groups is 2. The summed E-state index contributed by atoms with van der Waals surface area (Å²) < 4.78 is 31.5. The van der Waals surface area contributed by atoms with Crippen LogP contribution in [0.2, 0.25) is 5.02 Å². The van der Waals surface area contributed by atoms with E-state index >= 15 is 0 Å². The topological polar surface area (TPSA) is 57.7 Å². The molecule has 0 radical (unpaired) electrons. The highest BCUT2D eigenvalue weighted by Crippen LogP contribution is 2.30. The quantitative estimate of drug-likeness (QED) is 0.571. The number of halogens is 3. The molecule has 0 bridgehead atoms. The van der Waals surface area contributed by atoms with Gasteiger partial charge in [-0.2, -0.15) is 0 Å². The van der Waals surface area contributed by atoms with Gasteiger partial charge in [0.15, 0.2) is 0 Å². The Hall–Kier alpha value is -2.45. The fraction of sp³-hybridized carbons (Fsp3) is 0.250. The highest BCUT2D eigenvalue weighted by atomic mass is 35.5. The summed E-state index contributed by atoms with van der Waals surface area (Å²) in [6.45, 7) is -0.0669. The Labute approximate surface area is 148 Å². The Balaban J connectivity index is 2.24. The van der Waals surface area contributed by atoms with Crippen molar-refractivity contribution >= 4 is 23.7 Å². The van der Waals surface area contributed by atoms with E-state index in [9.17, 15) is 13.6 Å². The number of hydrogen-bond acceptors (Lipinski definition) is 5. The van der Waals surface area contributed by atoms with Gasteiger partial charge < -0.3 is 4.74 Å². The number of pyridine rings is 1. The van der Waals surface area contributed by atoms with Gasteiger partial charge >= 0.3 is 0 Å². The van der Waals surface area contributed by atoms with Crippen LogP contribution in [0.25, 0.3) is 0 Å². The third-order valence-corrected chi connectivity index (χ3v) is 3.66. The van der Waals surface area contributed by atoms with Gasteiger partial charge in [0.1, 0.15) is 6.61 Å². The van der Waals surface area contributed by atoms with Crippen molar-refractivity contribution in [3.63, 3.8) is 0 Å². The van der Waals surface area contributed by atoms with E-state index in [1.165, 1.54) is 30.4 Å². The lowest BCUT2D eigenvalue weighted by Crippen LogP contribution is -2.45. The number of alkyl halides is 2. The number of hydrogen-bond donors (Lipinski definition) is 1. The molecule has 1 aromatic carbocycles.